The number of unbranched alkanes of at least 4 members (excludes halogenated alkanes) is 1. The number of rotatable bonds is 8. The summed E-state index contributed by atoms with van der Waals surface area (Å²) < 4.78 is 11.5. The number of hydrogen-bond donors (Lipinski definition) is 0. The normalized spacial score (nSPS) is 25.8. The highest BCUT2D eigenvalue weighted by Gasteiger charge is 2.40. The van der Waals surface area contributed by atoms with Crippen LogP contribution in [0.4, 0.5) is 0 Å². The lowest BCUT2D eigenvalue weighted by atomic mass is 9.73. The van der Waals surface area contributed by atoms with E-state index in [2.05, 4.69) is 34.1 Å². The molecule has 6 nitrogen and oxygen atoms in total. The van der Waals surface area contributed by atoms with Crippen LogP contribution in [0.15, 0.2) is 24.3 Å². The van der Waals surface area contributed by atoms with E-state index in [1.165, 1.54) is 24.8 Å². The Bertz CT molecular complexity index is 722. The fraction of sp³-hybridized carbons (Fsp3) is 0.720. The topological polar surface area (TPSA) is 45.2 Å². The highest BCUT2D eigenvalue weighted by atomic mass is 16.5. The quantitative estimate of drug-likeness (QED) is 0.595. The van der Waals surface area contributed by atoms with Crippen molar-refractivity contribution >= 4 is 5.91 Å². The lowest BCUT2D eigenvalue weighted by Gasteiger charge is -2.47. The molecule has 0 aromatic heterocycles. The molecular weight excluding hydrogens is 390 g/mol. The molecule has 172 valence electrons. The summed E-state index contributed by atoms with van der Waals surface area (Å²) in [5.41, 5.74) is 1.61. The Hall–Kier alpha value is -1.63. The van der Waals surface area contributed by atoms with Crippen LogP contribution in [0.3, 0.4) is 0 Å². The maximum Gasteiger partial charge on any atom is 0.222 e. The van der Waals surface area contributed by atoms with Crippen molar-refractivity contribution in [1.82, 2.24) is 14.7 Å². The SMILES string of the molecule is CN1CC2(CCCN(Cc3cccc(OCCCCN4CCOCC4)c3)C2)CCC1=O. The zero-order valence-corrected chi connectivity index (χ0v) is 19.2. The maximum atomic E-state index is 11.9. The molecular formula is C25H39N3O3. The molecule has 6 heteroatoms. The van der Waals surface area contributed by atoms with Crippen LogP contribution < -0.4 is 4.74 Å². The predicted octanol–water partition coefficient (Wildman–Crippen LogP) is 3.01. The van der Waals surface area contributed by atoms with E-state index in [0.29, 0.717) is 12.3 Å². The van der Waals surface area contributed by atoms with E-state index in [1.54, 1.807) is 0 Å². The van der Waals surface area contributed by atoms with Gasteiger partial charge in [0.2, 0.25) is 5.91 Å². The molecule has 3 aliphatic rings. The summed E-state index contributed by atoms with van der Waals surface area (Å²) in [7, 11) is 1.96. The summed E-state index contributed by atoms with van der Waals surface area (Å²) in [5.74, 6) is 1.29. The summed E-state index contributed by atoms with van der Waals surface area (Å²) in [6, 6.07) is 8.61. The minimum Gasteiger partial charge on any atom is -0.494 e. The van der Waals surface area contributed by atoms with Crippen LogP contribution in [0.1, 0.15) is 44.1 Å². The summed E-state index contributed by atoms with van der Waals surface area (Å²) >= 11 is 0. The molecule has 1 aromatic rings. The molecule has 0 bridgehead atoms. The predicted molar refractivity (Wildman–Crippen MR) is 122 cm³/mol. The average molecular weight is 430 g/mol. The molecule has 1 aromatic carbocycles. The third kappa shape index (κ3) is 6.43. The Morgan fingerprint density at radius 3 is 2.77 bits per heavy atom. The van der Waals surface area contributed by atoms with Gasteiger partial charge in [-0.25, -0.2) is 0 Å². The number of nitrogens with zero attached hydrogens (tertiary/aromatic N) is 3. The number of morpholine rings is 1. The molecule has 1 spiro atoms. The van der Waals surface area contributed by atoms with Crippen LogP contribution in [-0.4, -0.2) is 86.7 Å². The van der Waals surface area contributed by atoms with Gasteiger partial charge in [0.1, 0.15) is 5.75 Å². The van der Waals surface area contributed by atoms with Crippen molar-refractivity contribution in [3.63, 3.8) is 0 Å². The van der Waals surface area contributed by atoms with E-state index in [-0.39, 0.29) is 5.41 Å². The smallest absolute Gasteiger partial charge is 0.222 e. The van der Waals surface area contributed by atoms with Crippen LogP contribution in [0.5, 0.6) is 5.75 Å². The third-order valence-corrected chi connectivity index (χ3v) is 7.15. The second-order valence-electron chi connectivity index (χ2n) is 9.72. The van der Waals surface area contributed by atoms with Gasteiger partial charge in [-0.15, -0.1) is 0 Å². The van der Waals surface area contributed by atoms with E-state index in [9.17, 15) is 4.79 Å². The van der Waals surface area contributed by atoms with Gasteiger partial charge in [-0.2, -0.15) is 0 Å². The lowest BCUT2D eigenvalue weighted by Crippen LogP contribution is -2.52. The van der Waals surface area contributed by atoms with Gasteiger partial charge >= 0.3 is 0 Å². The number of piperidine rings is 2. The standard InChI is InChI=1S/C25H39N3O3/c1-26-20-25(10-8-24(26)29)9-5-12-28(21-25)19-22-6-4-7-23(18-22)31-15-3-2-11-27-13-16-30-17-14-27/h4,6-7,18H,2-3,5,8-17,19-21H2,1H3. The van der Waals surface area contributed by atoms with E-state index < -0.39 is 0 Å². The Balaban J connectivity index is 1.21. The van der Waals surface area contributed by atoms with Crippen molar-refractivity contribution in [1.29, 1.82) is 0 Å². The van der Waals surface area contributed by atoms with Crippen molar-refractivity contribution < 1.29 is 14.3 Å². The van der Waals surface area contributed by atoms with Crippen molar-refractivity contribution in [3.05, 3.63) is 29.8 Å². The minimum absolute atomic E-state index is 0.287. The Labute approximate surface area is 187 Å². The van der Waals surface area contributed by atoms with Gasteiger partial charge in [0, 0.05) is 51.6 Å². The fourth-order valence-electron chi connectivity index (χ4n) is 5.46. The zero-order valence-electron chi connectivity index (χ0n) is 19.2. The van der Waals surface area contributed by atoms with E-state index in [0.717, 1.165) is 84.2 Å². The molecule has 1 atom stereocenters. The first kappa shape index (κ1) is 22.6. The van der Waals surface area contributed by atoms with Gasteiger partial charge in [0.05, 0.1) is 19.8 Å². The molecule has 3 saturated heterocycles. The number of amides is 1. The Morgan fingerprint density at radius 1 is 1.06 bits per heavy atom. The first-order chi connectivity index (χ1) is 15.1. The first-order valence-electron chi connectivity index (χ1n) is 12.1. The number of hydrogen-bond acceptors (Lipinski definition) is 5. The Kier molecular flexibility index (Phi) is 7.86. The molecule has 0 radical (unpaired) electrons. The van der Waals surface area contributed by atoms with Gasteiger partial charge in [0.15, 0.2) is 0 Å². The van der Waals surface area contributed by atoms with Crippen molar-refractivity contribution in [3.8, 4) is 5.75 Å². The van der Waals surface area contributed by atoms with E-state index >= 15 is 0 Å². The summed E-state index contributed by atoms with van der Waals surface area (Å²) in [6.07, 6.45) is 6.48. The summed E-state index contributed by atoms with van der Waals surface area (Å²) in [4.78, 5) is 18.9. The van der Waals surface area contributed by atoms with Gasteiger partial charge in [0.25, 0.3) is 0 Å². The molecule has 1 amide bonds. The molecule has 4 rings (SSSR count). The van der Waals surface area contributed by atoms with Gasteiger partial charge < -0.3 is 14.4 Å². The van der Waals surface area contributed by atoms with Crippen molar-refractivity contribution in [2.45, 2.75) is 45.1 Å². The van der Waals surface area contributed by atoms with Crippen LogP contribution in [-0.2, 0) is 16.1 Å². The minimum atomic E-state index is 0.287. The molecule has 3 heterocycles. The molecule has 31 heavy (non-hydrogen) atoms. The number of likely N-dealkylation sites (tertiary alicyclic amines) is 2. The lowest BCUT2D eigenvalue weighted by molar-refractivity contribution is -0.137. The Morgan fingerprint density at radius 2 is 1.94 bits per heavy atom. The number of ether oxygens (including phenoxy) is 2. The molecule has 1 unspecified atom stereocenters. The molecule has 0 aliphatic carbocycles. The van der Waals surface area contributed by atoms with Crippen LogP contribution in [0.2, 0.25) is 0 Å². The van der Waals surface area contributed by atoms with Crippen molar-refractivity contribution in [2.75, 3.05) is 66.1 Å². The number of benzene rings is 1. The first-order valence-corrected chi connectivity index (χ1v) is 12.1. The largest absolute Gasteiger partial charge is 0.494 e. The number of carbonyl (C=O) groups excluding carboxylic acids is 1. The van der Waals surface area contributed by atoms with Crippen molar-refractivity contribution in [2.24, 2.45) is 5.41 Å². The second kappa shape index (κ2) is 10.8. The monoisotopic (exact) mass is 429 g/mol. The van der Waals surface area contributed by atoms with Crippen LogP contribution in [0.25, 0.3) is 0 Å². The van der Waals surface area contributed by atoms with Crippen LogP contribution in [0, 0.1) is 5.41 Å². The van der Waals surface area contributed by atoms with Crippen LogP contribution >= 0.6 is 0 Å². The van der Waals surface area contributed by atoms with Gasteiger partial charge in [-0.3, -0.25) is 14.6 Å². The highest BCUT2D eigenvalue weighted by molar-refractivity contribution is 5.76. The van der Waals surface area contributed by atoms with E-state index in [4.69, 9.17) is 9.47 Å². The summed E-state index contributed by atoms with van der Waals surface area (Å²) in [6.45, 7) is 9.91. The summed E-state index contributed by atoms with van der Waals surface area (Å²) in [5, 5.41) is 0. The molecule has 3 aliphatic heterocycles. The maximum absolute atomic E-state index is 11.9. The molecule has 0 N–H and O–H groups in total. The highest BCUT2D eigenvalue weighted by Crippen LogP contribution is 2.38. The van der Waals surface area contributed by atoms with E-state index in [1.807, 2.05) is 11.9 Å². The number of carbonyl (C=O) groups is 1. The zero-order chi connectivity index (χ0) is 21.5. The fourth-order valence-corrected chi connectivity index (χ4v) is 5.46. The third-order valence-electron chi connectivity index (χ3n) is 7.15. The second-order valence-corrected chi connectivity index (χ2v) is 9.72. The average Bonchev–Trinajstić information content (AvgIpc) is 2.78. The molecule has 0 saturated carbocycles. The van der Waals surface area contributed by atoms with Gasteiger partial charge in [-0.1, -0.05) is 12.1 Å². The molecule has 3 fully saturated rings. The van der Waals surface area contributed by atoms with Gasteiger partial charge in [-0.05, 0) is 62.9 Å².